The first-order valence-electron chi connectivity index (χ1n) is 5.98. The molecule has 0 aliphatic rings. The van der Waals surface area contributed by atoms with Gasteiger partial charge in [-0.1, -0.05) is 54.4 Å². The molecule has 2 aromatic rings. The van der Waals surface area contributed by atoms with Gasteiger partial charge in [0.15, 0.2) is 0 Å². The summed E-state index contributed by atoms with van der Waals surface area (Å²) in [7, 11) is 0. The number of alkyl halides is 1. The lowest BCUT2D eigenvalue weighted by atomic mass is 9.95. The van der Waals surface area contributed by atoms with Crippen molar-refractivity contribution in [3.63, 3.8) is 0 Å². The Morgan fingerprint density at radius 1 is 1.21 bits per heavy atom. The Morgan fingerprint density at radius 2 is 1.89 bits per heavy atom. The molecular formula is C15H15BrClFS. The summed E-state index contributed by atoms with van der Waals surface area (Å²) in [5.74, 6) is -0.379. The van der Waals surface area contributed by atoms with Crippen LogP contribution in [0.2, 0.25) is 5.02 Å². The Kier molecular flexibility index (Phi) is 4.38. The minimum atomic E-state index is -0.379. The third-order valence-electron chi connectivity index (χ3n) is 2.85. The maximum Gasteiger partial charge on any atom is 0.142 e. The molecule has 19 heavy (non-hydrogen) atoms. The molecule has 0 N–H and O–H groups in total. The van der Waals surface area contributed by atoms with Crippen molar-refractivity contribution in [2.75, 3.05) is 0 Å². The van der Waals surface area contributed by atoms with E-state index in [2.05, 4.69) is 48.8 Å². The second-order valence-electron chi connectivity index (χ2n) is 5.49. The molecule has 2 rings (SSSR count). The second-order valence-corrected chi connectivity index (χ2v) is 7.93. The Bertz CT molecular complexity index is 586. The summed E-state index contributed by atoms with van der Waals surface area (Å²) in [4.78, 5) is 2.49. The monoisotopic (exact) mass is 360 g/mol. The van der Waals surface area contributed by atoms with E-state index < -0.39 is 0 Å². The zero-order valence-electron chi connectivity index (χ0n) is 11.0. The van der Waals surface area contributed by atoms with Crippen LogP contribution in [0.15, 0.2) is 30.3 Å². The van der Waals surface area contributed by atoms with Crippen LogP contribution in [0.4, 0.5) is 4.39 Å². The minimum absolute atomic E-state index is 0.000340. The number of thiophene rings is 1. The molecule has 0 fully saturated rings. The molecule has 0 saturated heterocycles. The Hall–Kier alpha value is -0.380. The van der Waals surface area contributed by atoms with Crippen LogP contribution < -0.4 is 0 Å². The summed E-state index contributed by atoms with van der Waals surface area (Å²) in [5.41, 5.74) is 1.02. The highest BCUT2D eigenvalue weighted by atomic mass is 79.9. The zero-order chi connectivity index (χ0) is 14.2. The van der Waals surface area contributed by atoms with E-state index in [0.717, 1.165) is 5.56 Å². The van der Waals surface area contributed by atoms with E-state index in [4.69, 9.17) is 11.6 Å². The molecule has 0 nitrogen and oxygen atoms in total. The van der Waals surface area contributed by atoms with Crippen molar-refractivity contribution in [2.45, 2.75) is 31.0 Å². The van der Waals surface area contributed by atoms with Crippen LogP contribution in [-0.4, -0.2) is 0 Å². The van der Waals surface area contributed by atoms with E-state index in [1.807, 2.05) is 6.07 Å². The summed E-state index contributed by atoms with van der Waals surface area (Å²) in [6, 6.07) is 9.16. The Morgan fingerprint density at radius 3 is 2.42 bits per heavy atom. The average molecular weight is 362 g/mol. The van der Waals surface area contributed by atoms with E-state index in [1.54, 1.807) is 17.4 Å². The largest absolute Gasteiger partial charge is 0.205 e. The van der Waals surface area contributed by atoms with Crippen molar-refractivity contribution >= 4 is 38.9 Å². The van der Waals surface area contributed by atoms with Gasteiger partial charge in [-0.3, -0.25) is 0 Å². The fourth-order valence-corrected chi connectivity index (χ4v) is 3.63. The fourth-order valence-electron chi connectivity index (χ4n) is 1.73. The van der Waals surface area contributed by atoms with Crippen LogP contribution >= 0.6 is 38.9 Å². The van der Waals surface area contributed by atoms with Crippen molar-refractivity contribution in [3.05, 3.63) is 56.5 Å². The highest BCUT2D eigenvalue weighted by Gasteiger charge is 2.20. The van der Waals surface area contributed by atoms with Gasteiger partial charge in [0.2, 0.25) is 0 Å². The molecule has 1 unspecified atom stereocenters. The van der Waals surface area contributed by atoms with Gasteiger partial charge in [0.1, 0.15) is 5.82 Å². The molecule has 0 bridgehead atoms. The van der Waals surface area contributed by atoms with Crippen molar-refractivity contribution in [1.29, 1.82) is 0 Å². The lowest BCUT2D eigenvalue weighted by Crippen LogP contribution is -2.07. The summed E-state index contributed by atoms with van der Waals surface area (Å²) in [6.07, 6.45) is 0. The van der Waals surface area contributed by atoms with Gasteiger partial charge in [-0.15, -0.1) is 11.3 Å². The van der Waals surface area contributed by atoms with Crippen molar-refractivity contribution in [3.8, 4) is 0 Å². The molecule has 1 aromatic carbocycles. The molecule has 1 aromatic heterocycles. The normalized spacial score (nSPS) is 13.6. The molecule has 1 atom stereocenters. The predicted octanol–water partition coefficient (Wildman–Crippen LogP) is 6.32. The molecule has 0 radical (unpaired) electrons. The summed E-state index contributed by atoms with van der Waals surface area (Å²) in [5, 5.41) is 0.157. The third-order valence-corrected chi connectivity index (χ3v) is 6.06. The van der Waals surface area contributed by atoms with E-state index in [9.17, 15) is 4.39 Å². The molecule has 0 aliphatic carbocycles. The first kappa shape index (κ1) is 15.0. The van der Waals surface area contributed by atoms with E-state index in [0.29, 0.717) is 0 Å². The summed E-state index contributed by atoms with van der Waals surface area (Å²) in [6.45, 7) is 6.56. The van der Waals surface area contributed by atoms with Crippen LogP contribution in [0.1, 0.15) is 40.9 Å². The van der Waals surface area contributed by atoms with Crippen molar-refractivity contribution < 1.29 is 4.39 Å². The molecule has 0 aliphatic heterocycles. The lowest BCUT2D eigenvalue weighted by Gasteiger charge is -2.15. The van der Waals surface area contributed by atoms with Crippen LogP contribution in [0.5, 0.6) is 0 Å². The highest BCUT2D eigenvalue weighted by molar-refractivity contribution is 9.09. The molecule has 1 heterocycles. The second kappa shape index (κ2) is 5.55. The summed E-state index contributed by atoms with van der Waals surface area (Å²) < 4.78 is 13.5. The minimum Gasteiger partial charge on any atom is -0.205 e. The molecule has 102 valence electrons. The lowest BCUT2D eigenvalue weighted by molar-refractivity contribution is 0.604. The zero-order valence-corrected chi connectivity index (χ0v) is 14.2. The maximum absolute atomic E-state index is 13.5. The van der Waals surface area contributed by atoms with Crippen LogP contribution in [0.3, 0.4) is 0 Å². The molecular weight excluding hydrogens is 347 g/mol. The van der Waals surface area contributed by atoms with Crippen molar-refractivity contribution in [2.24, 2.45) is 0 Å². The first-order chi connectivity index (χ1) is 8.79. The number of hydrogen-bond acceptors (Lipinski definition) is 1. The number of rotatable bonds is 2. The van der Waals surface area contributed by atoms with Crippen LogP contribution in [0, 0.1) is 5.82 Å². The van der Waals surface area contributed by atoms with Crippen molar-refractivity contribution in [1.82, 2.24) is 0 Å². The summed E-state index contributed by atoms with van der Waals surface area (Å²) >= 11 is 11.1. The van der Waals surface area contributed by atoms with Gasteiger partial charge in [-0.2, -0.15) is 0 Å². The van der Waals surface area contributed by atoms with E-state index in [1.165, 1.54) is 15.8 Å². The maximum atomic E-state index is 13.5. The Balaban J connectivity index is 2.31. The van der Waals surface area contributed by atoms with Gasteiger partial charge in [0.25, 0.3) is 0 Å². The number of hydrogen-bond donors (Lipinski definition) is 0. The standard InChI is InChI=1S/C15H15BrClFS/c1-15(2,3)13-7-6-12(19-13)14(16)9-4-5-10(17)11(18)8-9/h4-8,14H,1-3H3. The molecule has 4 heteroatoms. The Labute approximate surface area is 130 Å². The molecule has 0 saturated carbocycles. The topological polar surface area (TPSA) is 0 Å². The quantitative estimate of drug-likeness (QED) is 0.549. The van der Waals surface area contributed by atoms with Gasteiger partial charge in [-0.05, 0) is 35.2 Å². The van der Waals surface area contributed by atoms with Crippen LogP contribution in [-0.2, 0) is 5.41 Å². The van der Waals surface area contributed by atoms with E-state index in [-0.39, 0.29) is 21.1 Å². The van der Waals surface area contributed by atoms with E-state index >= 15 is 0 Å². The molecule has 0 spiro atoms. The third kappa shape index (κ3) is 3.39. The highest BCUT2D eigenvalue weighted by Crippen LogP contribution is 2.39. The van der Waals surface area contributed by atoms with Gasteiger partial charge >= 0.3 is 0 Å². The van der Waals surface area contributed by atoms with Gasteiger partial charge in [0, 0.05) is 9.75 Å². The van der Waals surface area contributed by atoms with Crippen LogP contribution in [0.25, 0.3) is 0 Å². The first-order valence-corrected chi connectivity index (χ1v) is 8.09. The van der Waals surface area contributed by atoms with Gasteiger partial charge in [0.05, 0.1) is 9.85 Å². The van der Waals surface area contributed by atoms with Gasteiger partial charge < -0.3 is 0 Å². The fraction of sp³-hybridized carbons (Fsp3) is 0.333. The molecule has 0 amide bonds. The van der Waals surface area contributed by atoms with Gasteiger partial charge in [-0.25, -0.2) is 4.39 Å². The number of halogens is 3. The predicted molar refractivity (Wildman–Crippen MR) is 85.2 cm³/mol. The average Bonchev–Trinajstić information content (AvgIpc) is 2.81. The smallest absolute Gasteiger partial charge is 0.142 e. The SMILES string of the molecule is CC(C)(C)c1ccc(C(Br)c2ccc(Cl)c(F)c2)s1. The number of benzene rings is 1.